The van der Waals surface area contributed by atoms with Crippen molar-refractivity contribution in [2.45, 2.75) is 6.04 Å². The van der Waals surface area contributed by atoms with Crippen LogP contribution in [0, 0.1) is 0 Å². The van der Waals surface area contributed by atoms with Gasteiger partial charge in [0.2, 0.25) is 0 Å². The van der Waals surface area contributed by atoms with Gasteiger partial charge in [0.25, 0.3) is 0 Å². The van der Waals surface area contributed by atoms with Crippen LogP contribution in [-0.2, 0) is 0 Å². The summed E-state index contributed by atoms with van der Waals surface area (Å²) in [4.78, 5) is 23.6. The number of rotatable bonds is 3. The molecule has 2 aromatic heterocycles. The fraction of sp³-hybridized carbons (Fsp3) is 0.222. The second-order valence-electron chi connectivity index (χ2n) is 6.02. The summed E-state index contributed by atoms with van der Waals surface area (Å²) in [6.07, 6.45) is 3.78. The van der Waals surface area contributed by atoms with Crippen LogP contribution in [-0.4, -0.2) is 40.5 Å². The number of carbonyl (C=O) groups excluding carboxylic acids is 1. The SMILES string of the molecule is NC(=O)N1CCN(c2nc(-c3ccccc3)cs2)CC1c1cc[nH]c1. The third-order valence-corrected chi connectivity index (χ3v) is 5.40. The Bertz CT molecular complexity index is 846. The third-order valence-electron chi connectivity index (χ3n) is 4.50. The molecule has 25 heavy (non-hydrogen) atoms. The van der Waals surface area contributed by atoms with E-state index in [2.05, 4.69) is 27.4 Å². The van der Waals surface area contributed by atoms with E-state index >= 15 is 0 Å². The molecule has 1 fully saturated rings. The molecule has 1 aliphatic rings. The van der Waals surface area contributed by atoms with Crippen molar-refractivity contribution in [3.8, 4) is 11.3 Å². The lowest BCUT2D eigenvalue weighted by Gasteiger charge is -2.40. The van der Waals surface area contributed by atoms with Crippen LogP contribution >= 0.6 is 11.3 Å². The lowest BCUT2D eigenvalue weighted by atomic mass is 10.1. The Labute approximate surface area is 149 Å². The summed E-state index contributed by atoms with van der Waals surface area (Å²) in [7, 11) is 0. The van der Waals surface area contributed by atoms with Crippen LogP contribution in [0.4, 0.5) is 9.93 Å². The number of benzene rings is 1. The Hall–Kier alpha value is -2.80. The molecule has 1 unspecified atom stereocenters. The lowest BCUT2D eigenvalue weighted by Crippen LogP contribution is -2.52. The number of amides is 2. The van der Waals surface area contributed by atoms with Crippen LogP contribution < -0.4 is 10.6 Å². The zero-order valence-corrected chi connectivity index (χ0v) is 14.4. The maximum Gasteiger partial charge on any atom is 0.315 e. The van der Waals surface area contributed by atoms with E-state index in [9.17, 15) is 4.79 Å². The highest BCUT2D eigenvalue weighted by Crippen LogP contribution is 2.32. The van der Waals surface area contributed by atoms with Crippen LogP contribution in [0.25, 0.3) is 11.3 Å². The minimum absolute atomic E-state index is 0.0680. The van der Waals surface area contributed by atoms with Gasteiger partial charge in [-0.2, -0.15) is 0 Å². The highest BCUT2D eigenvalue weighted by Gasteiger charge is 2.31. The van der Waals surface area contributed by atoms with Crippen molar-refractivity contribution < 1.29 is 4.79 Å². The van der Waals surface area contributed by atoms with E-state index in [-0.39, 0.29) is 12.1 Å². The maximum absolute atomic E-state index is 11.8. The monoisotopic (exact) mass is 353 g/mol. The van der Waals surface area contributed by atoms with E-state index in [0.717, 1.165) is 28.5 Å². The van der Waals surface area contributed by atoms with Crippen LogP contribution in [0.1, 0.15) is 11.6 Å². The Kier molecular flexibility index (Phi) is 4.15. The van der Waals surface area contributed by atoms with Crippen molar-refractivity contribution in [2.24, 2.45) is 5.73 Å². The van der Waals surface area contributed by atoms with Gasteiger partial charge in [-0.25, -0.2) is 9.78 Å². The zero-order chi connectivity index (χ0) is 17.2. The number of aromatic nitrogens is 2. The quantitative estimate of drug-likeness (QED) is 0.759. The number of thiazole rings is 1. The van der Waals surface area contributed by atoms with E-state index in [1.54, 1.807) is 16.2 Å². The molecule has 0 bridgehead atoms. The molecule has 1 aliphatic heterocycles. The number of nitrogens with two attached hydrogens (primary N) is 1. The summed E-state index contributed by atoms with van der Waals surface area (Å²) in [5, 5.41) is 3.06. The molecular weight excluding hydrogens is 334 g/mol. The summed E-state index contributed by atoms with van der Waals surface area (Å²) in [6.45, 7) is 2.00. The van der Waals surface area contributed by atoms with E-state index < -0.39 is 0 Å². The molecule has 1 aromatic carbocycles. The lowest BCUT2D eigenvalue weighted by molar-refractivity contribution is 0.175. The molecular formula is C18H19N5OS. The molecule has 7 heteroatoms. The number of carbonyl (C=O) groups is 1. The van der Waals surface area contributed by atoms with Gasteiger partial charge in [-0.15, -0.1) is 11.3 Å². The Morgan fingerprint density at radius 2 is 2.08 bits per heavy atom. The smallest absolute Gasteiger partial charge is 0.315 e. The molecule has 0 radical (unpaired) electrons. The molecule has 3 aromatic rings. The molecule has 0 spiro atoms. The molecule has 1 saturated heterocycles. The fourth-order valence-electron chi connectivity index (χ4n) is 3.20. The van der Waals surface area contributed by atoms with Gasteiger partial charge in [-0.1, -0.05) is 30.3 Å². The highest BCUT2D eigenvalue weighted by atomic mass is 32.1. The van der Waals surface area contributed by atoms with Crippen molar-refractivity contribution in [1.29, 1.82) is 0 Å². The van der Waals surface area contributed by atoms with Gasteiger partial charge >= 0.3 is 6.03 Å². The molecule has 2 amide bonds. The Balaban J connectivity index is 1.58. The van der Waals surface area contributed by atoms with Gasteiger partial charge in [0.05, 0.1) is 11.7 Å². The maximum atomic E-state index is 11.8. The number of anilines is 1. The first kappa shape index (κ1) is 15.7. The first-order valence-electron chi connectivity index (χ1n) is 8.17. The minimum Gasteiger partial charge on any atom is -0.367 e. The van der Waals surface area contributed by atoms with Crippen LogP contribution in [0.2, 0.25) is 0 Å². The normalized spacial score (nSPS) is 17.7. The largest absolute Gasteiger partial charge is 0.367 e. The van der Waals surface area contributed by atoms with Crippen LogP contribution in [0.15, 0.2) is 54.2 Å². The minimum atomic E-state index is -0.380. The standard InChI is InChI=1S/C18H19N5OS/c19-17(24)23-9-8-22(11-16(23)14-6-7-20-10-14)18-21-15(12-25-18)13-4-2-1-3-5-13/h1-7,10,12,16,20H,8-9,11H2,(H2,19,24). The topological polar surface area (TPSA) is 78.2 Å². The summed E-state index contributed by atoms with van der Waals surface area (Å²) < 4.78 is 0. The van der Waals surface area contributed by atoms with Crippen molar-refractivity contribution in [3.05, 3.63) is 59.7 Å². The molecule has 4 rings (SSSR count). The molecule has 6 nitrogen and oxygen atoms in total. The summed E-state index contributed by atoms with van der Waals surface area (Å²) in [6, 6.07) is 11.7. The highest BCUT2D eigenvalue weighted by molar-refractivity contribution is 7.14. The van der Waals surface area contributed by atoms with Gasteiger partial charge in [0.15, 0.2) is 5.13 Å². The number of primary amides is 1. The fourth-order valence-corrected chi connectivity index (χ4v) is 4.07. The number of hydrogen-bond donors (Lipinski definition) is 2. The second-order valence-corrected chi connectivity index (χ2v) is 6.86. The van der Waals surface area contributed by atoms with E-state index in [1.807, 2.05) is 36.7 Å². The third kappa shape index (κ3) is 3.10. The molecule has 128 valence electrons. The number of H-pyrrole nitrogens is 1. The number of urea groups is 1. The van der Waals surface area contributed by atoms with E-state index in [1.165, 1.54) is 0 Å². The average Bonchev–Trinajstić information content (AvgIpc) is 3.34. The second kappa shape index (κ2) is 6.60. The number of nitrogens with zero attached hydrogens (tertiary/aromatic N) is 3. The van der Waals surface area contributed by atoms with Gasteiger partial charge in [0.1, 0.15) is 0 Å². The molecule has 0 aliphatic carbocycles. The van der Waals surface area contributed by atoms with Crippen molar-refractivity contribution in [1.82, 2.24) is 14.9 Å². The molecule has 3 N–H and O–H groups in total. The van der Waals surface area contributed by atoms with Crippen molar-refractivity contribution in [2.75, 3.05) is 24.5 Å². The van der Waals surface area contributed by atoms with Crippen LogP contribution in [0.5, 0.6) is 0 Å². The van der Waals surface area contributed by atoms with Crippen molar-refractivity contribution in [3.63, 3.8) is 0 Å². The van der Waals surface area contributed by atoms with E-state index in [0.29, 0.717) is 13.1 Å². The zero-order valence-electron chi connectivity index (χ0n) is 13.6. The number of hydrogen-bond acceptors (Lipinski definition) is 4. The first-order chi connectivity index (χ1) is 12.2. The van der Waals surface area contributed by atoms with E-state index in [4.69, 9.17) is 10.7 Å². The van der Waals surface area contributed by atoms with Gasteiger partial charge in [0, 0.05) is 43.0 Å². The predicted octanol–water partition coefficient (Wildman–Crippen LogP) is 3.08. The van der Waals surface area contributed by atoms with Crippen LogP contribution in [0.3, 0.4) is 0 Å². The number of piperazine rings is 1. The molecule has 1 atom stereocenters. The summed E-state index contributed by atoms with van der Waals surface area (Å²) in [5.74, 6) is 0. The van der Waals surface area contributed by atoms with Gasteiger partial charge in [-0.3, -0.25) is 0 Å². The van der Waals surface area contributed by atoms with Gasteiger partial charge in [-0.05, 0) is 11.6 Å². The number of nitrogens with one attached hydrogen (secondary N) is 1. The summed E-state index contributed by atoms with van der Waals surface area (Å²) in [5.41, 5.74) is 8.73. The number of aromatic amines is 1. The Morgan fingerprint density at radius 3 is 2.80 bits per heavy atom. The Morgan fingerprint density at radius 1 is 1.24 bits per heavy atom. The van der Waals surface area contributed by atoms with Crippen molar-refractivity contribution >= 4 is 22.5 Å². The van der Waals surface area contributed by atoms with Gasteiger partial charge < -0.3 is 20.5 Å². The molecule has 0 saturated carbocycles. The predicted molar refractivity (Wildman–Crippen MR) is 99.6 cm³/mol. The molecule has 3 heterocycles. The summed E-state index contributed by atoms with van der Waals surface area (Å²) >= 11 is 1.63. The first-order valence-corrected chi connectivity index (χ1v) is 9.05. The average molecular weight is 353 g/mol.